The topological polar surface area (TPSA) is 74.2 Å². The summed E-state index contributed by atoms with van der Waals surface area (Å²) in [7, 11) is 0. The van der Waals surface area contributed by atoms with E-state index < -0.39 is 0 Å². The number of anilines is 1. The first-order valence-electron chi connectivity index (χ1n) is 8.91. The van der Waals surface area contributed by atoms with Crippen LogP contribution in [0.2, 0.25) is 0 Å². The van der Waals surface area contributed by atoms with Gasteiger partial charge in [-0.3, -0.25) is 10.1 Å². The van der Waals surface area contributed by atoms with Crippen molar-refractivity contribution in [1.82, 2.24) is 5.32 Å². The second kappa shape index (κ2) is 8.51. The molecule has 1 aliphatic rings. The van der Waals surface area contributed by atoms with E-state index in [0.29, 0.717) is 34.4 Å². The molecule has 5 nitrogen and oxygen atoms in total. The minimum Gasteiger partial charge on any atom is -0.494 e. The number of nitriles is 1. The molecule has 0 saturated carbocycles. The van der Waals surface area contributed by atoms with Crippen molar-refractivity contribution in [2.45, 2.75) is 33.1 Å². The normalized spacial score (nSPS) is 15.4. The molecule has 1 aromatic carbocycles. The maximum Gasteiger partial charge on any atom is 0.257 e. The van der Waals surface area contributed by atoms with E-state index in [2.05, 4.69) is 23.6 Å². The number of thiophene rings is 1. The molecule has 1 aliphatic carbocycles. The summed E-state index contributed by atoms with van der Waals surface area (Å²) in [6.45, 7) is 4.65. The van der Waals surface area contributed by atoms with Crippen molar-refractivity contribution < 1.29 is 9.53 Å². The molecule has 0 bridgehead atoms. The Labute approximate surface area is 168 Å². The van der Waals surface area contributed by atoms with Crippen molar-refractivity contribution in [1.29, 1.82) is 5.26 Å². The van der Waals surface area contributed by atoms with Gasteiger partial charge in [-0.25, -0.2) is 0 Å². The van der Waals surface area contributed by atoms with Gasteiger partial charge in [0, 0.05) is 10.4 Å². The van der Waals surface area contributed by atoms with Crippen LogP contribution in [0.5, 0.6) is 5.75 Å². The Balaban J connectivity index is 1.70. The van der Waals surface area contributed by atoms with Crippen LogP contribution in [0.4, 0.5) is 5.00 Å². The highest BCUT2D eigenvalue weighted by Gasteiger charge is 2.24. The third-order valence-electron chi connectivity index (χ3n) is 4.48. The molecule has 27 heavy (non-hydrogen) atoms. The number of benzene rings is 1. The predicted octanol–water partition coefficient (Wildman–Crippen LogP) is 4.27. The predicted molar refractivity (Wildman–Crippen MR) is 112 cm³/mol. The van der Waals surface area contributed by atoms with Crippen molar-refractivity contribution in [2.24, 2.45) is 5.92 Å². The lowest BCUT2D eigenvalue weighted by Crippen LogP contribution is -2.34. The number of carbonyl (C=O) groups is 1. The third-order valence-corrected chi connectivity index (χ3v) is 5.86. The largest absolute Gasteiger partial charge is 0.494 e. The maximum absolute atomic E-state index is 12.4. The summed E-state index contributed by atoms with van der Waals surface area (Å²) in [5, 5.41) is 16.2. The van der Waals surface area contributed by atoms with E-state index >= 15 is 0 Å². The van der Waals surface area contributed by atoms with Gasteiger partial charge in [0.1, 0.15) is 16.8 Å². The molecule has 2 aromatic rings. The van der Waals surface area contributed by atoms with E-state index in [4.69, 9.17) is 17.0 Å². The van der Waals surface area contributed by atoms with Crippen molar-refractivity contribution in [3.8, 4) is 11.8 Å². The number of amides is 1. The molecule has 140 valence electrons. The second-order valence-electron chi connectivity index (χ2n) is 6.54. The van der Waals surface area contributed by atoms with Crippen LogP contribution in [0.15, 0.2) is 24.3 Å². The Morgan fingerprint density at radius 3 is 3.04 bits per heavy atom. The van der Waals surface area contributed by atoms with Gasteiger partial charge in [0.05, 0.1) is 12.2 Å². The average Bonchev–Trinajstić information content (AvgIpc) is 2.97. The van der Waals surface area contributed by atoms with Gasteiger partial charge in [0.25, 0.3) is 5.91 Å². The van der Waals surface area contributed by atoms with Crippen molar-refractivity contribution in [2.75, 3.05) is 11.9 Å². The van der Waals surface area contributed by atoms with Gasteiger partial charge in [-0.1, -0.05) is 13.0 Å². The summed E-state index contributed by atoms with van der Waals surface area (Å²) in [5.41, 5.74) is 2.24. The van der Waals surface area contributed by atoms with E-state index in [1.807, 2.05) is 6.92 Å². The molecule has 2 N–H and O–H groups in total. The highest BCUT2D eigenvalue weighted by molar-refractivity contribution is 7.80. The van der Waals surface area contributed by atoms with Crippen molar-refractivity contribution in [3.05, 3.63) is 45.8 Å². The summed E-state index contributed by atoms with van der Waals surface area (Å²) >= 11 is 6.85. The van der Waals surface area contributed by atoms with E-state index in [1.54, 1.807) is 35.6 Å². The van der Waals surface area contributed by atoms with Gasteiger partial charge in [0.15, 0.2) is 5.11 Å². The molecule has 0 fully saturated rings. The molecular formula is C20H21N3O2S2. The molecule has 1 aromatic heterocycles. The first kappa shape index (κ1) is 19.3. The molecule has 0 spiro atoms. The minimum atomic E-state index is -0.317. The maximum atomic E-state index is 12.4. The summed E-state index contributed by atoms with van der Waals surface area (Å²) < 4.78 is 5.42. The molecule has 0 saturated heterocycles. The van der Waals surface area contributed by atoms with Crippen molar-refractivity contribution >= 4 is 39.6 Å². The van der Waals surface area contributed by atoms with Crippen LogP contribution < -0.4 is 15.4 Å². The van der Waals surface area contributed by atoms with E-state index in [9.17, 15) is 10.1 Å². The smallest absolute Gasteiger partial charge is 0.257 e. The standard InChI is InChI=1S/C20H21N3O2S2/c1-3-25-14-6-4-5-13(10-14)18(24)22-20(26)23-19-16(11-21)15-8-7-12(2)9-17(15)27-19/h4-6,10,12H,3,7-9H2,1-2H3,(H2,22,23,24,26)/t12-/m0/s1. The Morgan fingerprint density at radius 2 is 2.30 bits per heavy atom. The summed E-state index contributed by atoms with van der Waals surface area (Å²) in [6, 6.07) is 9.23. The minimum absolute atomic E-state index is 0.185. The molecule has 3 rings (SSSR count). The van der Waals surface area contributed by atoms with Gasteiger partial charge >= 0.3 is 0 Å². The monoisotopic (exact) mass is 399 g/mol. The zero-order chi connectivity index (χ0) is 19.4. The highest BCUT2D eigenvalue weighted by Crippen LogP contribution is 2.39. The zero-order valence-corrected chi connectivity index (χ0v) is 16.9. The lowest BCUT2D eigenvalue weighted by molar-refractivity contribution is 0.0977. The van der Waals surface area contributed by atoms with Crippen LogP contribution in [0.3, 0.4) is 0 Å². The molecule has 1 atom stereocenters. The fourth-order valence-electron chi connectivity index (χ4n) is 3.16. The lowest BCUT2D eigenvalue weighted by Gasteiger charge is -2.17. The van der Waals surface area contributed by atoms with Crippen LogP contribution in [-0.2, 0) is 12.8 Å². The lowest BCUT2D eigenvalue weighted by atomic mass is 9.89. The average molecular weight is 400 g/mol. The SMILES string of the molecule is CCOc1cccc(C(=O)NC(=S)Nc2sc3c(c2C#N)CC[C@H](C)C3)c1. The number of carbonyl (C=O) groups excluding carboxylic acids is 1. The van der Waals surface area contributed by atoms with E-state index in [0.717, 1.165) is 24.8 Å². The Hall–Kier alpha value is -2.43. The number of hydrogen-bond donors (Lipinski definition) is 2. The number of nitrogens with zero attached hydrogens (tertiary/aromatic N) is 1. The van der Waals surface area contributed by atoms with Gasteiger partial charge in [-0.05, 0) is 68.1 Å². The first-order valence-corrected chi connectivity index (χ1v) is 10.1. The fourth-order valence-corrected chi connectivity index (χ4v) is 4.79. The van der Waals surface area contributed by atoms with Crippen LogP contribution >= 0.6 is 23.6 Å². The molecule has 0 radical (unpaired) electrons. The molecule has 1 amide bonds. The fraction of sp³-hybridized carbons (Fsp3) is 0.350. The Morgan fingerprint density at radius 1 is 1.48 bits per heavy atom. The zero-order valence-electron chi connectivity index (χ0n) is 15.3. The summed E-state index contributed by atoms with van der Waals surface area (Å²) in [5.74, 6) is 0.943. The molecule has 7 heteroatoms. The van der Waals surface area contributed by atoms with Crippen LogP contribution in [0.25, 0.3) is 0 Å². The quantitative estimate of drug-likeness (QED) is 0.751. The van der Waals surface area contributed by atoms with Crippen LogP contribution in [-0.4, -0.2) is 17.6 Å². The first-order chi connectivity index (χ1) is 13.0. The van der Waals surface area contributed by atoms with E-state index in [1.165, 1.54) is 4.88 Å². The molecule has 0 unspecified atom stereocenters. The van der Waals surface area contributed by atoms with E-state index in [-0.39, 0.29) is 11.0 Å². The van der Waals surface area contributed by atoms with Crippen LogP contribution in [0, 0.1) is 17.2 Å². The molecular weight excluding hydrogens is 378 g/mol. The van der Waals surface area contributed by atoms with Gasteiger partial charge in [0.2, 0.25) is 0 Å². The second-order valence-corrected chi connectivity index (χ2v) is 8.05. The summed E-state index contributed by atoms with van der Waals surface area (Å²) in [6.07, 6.45) is 3.00. The number of thiocarbonyl (C=S) groups is 1. The molecule has 0 aliphatic heterocycles. The van der Waals surface area contributed by atoms with Gasteiger partial charge in [-0.15, -0.1) is 11.3 Å². The molecule has 1 heterocycles. The number of fused-ring (bicyclic) bond motifs is 1. The Bertz CT molecular complexity index is 914. The van der Waals surface area contributed by atoms with Gasteiger partial charge in [-0.2, -0.15) is 5.26 Å². The van der Waals surface area contributed by atoms with Crippen LogP contribution in [0.1, 0.15) is 46.6 Å². The Kier molecular flexibility index (Phi) is 6.09. The number of hydrogen-bond acceptors (Lipinski definition) is 5. The third kappa shape index (κ3) is 4.46. The number of ether oxygens (including phenoxy) is 1. The summed E-state index contributed by atoms with van der Waals surface area (Å²) in [4.78, 5) is 13.7. The van der Waals surface area contributed by atoms with Crippen molar-refractivity contribution in [3.63, 3.8) is 0 Å². The highest BCUT2D eigenvalue weighted by atomic mass is 32.1. The number of nitrogens with one attached hydrogen (secondary N) is 2. The van der Waals surface area contributed by atoms with Gasteiger partial charge < -0.3 is 10.1 Å². The number of rotatable bonds is 4.